The zero-order valence-corrected chi connectivity index (χ0v) is 14.6. The highest BCUT2D eigenvalue weighted by Crippen LogP contribution is 2.42. The van der Waals surface area contributed by atoms with Crippen LogP contribution in [0.5, 0.6) is 0 Å². The summed E-state index contributed by atoms with van der Waals surface area (Å²) in [5.41, 5.74) is 0. The monoisotopic (exact) mass is 466 g/mol. The summed E-state index contributed by atoms with van der Waals surface area (Å²) in [4.78, 5) is 0. The molecule has 0 N–H and O–H groups in total. The Bertz CT molecular complexity index is 465. The molecule has 29 heavy (non-hydrogen) atoms. The van der Waals surface area contributed by atoms with Gasteiger partial charge in [-0.25, -0.2) is 43.9 Å². The van der Waals surface area contributed by atoms with E-state index in [-0.39, 0.29) is 0 Å². The average Bonchev–Trinajstić information content (AvgIpc) is 2.51. The minimum absolute atomic E-state index is 0.594. The van der Waals surface area contributed by atoms with Crippen molar-refractivity contribution in [2.24, 2.45) is 0 Å². The summed E-state index contributed by atoms with van der Waals surface area (Å²) in [6.45, 7) is 1.19. The molecular formula is C14H16F14O. The lowest BCUT2D eigenvalue weighted by Gasteiger charge is -2.31. The fourth-order valence-electron chi connectivity index (χ4n) is 2.25. The van der Waals surface area contributed by atoms with E-state index in [0.717, 1.165) is 0 Å². The fraction of sp³-hybridized carbons (Fsp3) is 1.00. The summed E-state index contributed by atoms with van der Waals surface area (Å²) >= 11 is 0. The SMILES string of the molecule is CC(CC(F)(F)C(F)C(F)(F)C(F)F)OC(C)CC(F)(F)C(F)C(F)(F)C(F)F. The highest BCUT2D eigenvalue weighted by molar-refractivity contribution is 4.93. The lowest BCUT2D eigenvalue weighted by atomic mass is 10.0. The minimum Gasteiger partial charge on any atom is -0.375 e. The smallest absolute Gasteiger partial charge is 0.343 e. The largest absolute Gasteiger partial charge is 0.375 e. The Morgan fingerprint density at radius 2 is 0.793 bits per heavy atom. The van der Waals surface area contributed by atoms with Crippen LogP contribution in [0, 0.1) is 0 Å². The van der Waals surface area contributed by atoms with Gasteiger partial charge in [-0.3, -0.25) is 0 Å². The zero-order chi connectivity index (χ0) is 23.6. The molecule has 0 aliphatic rings. The second-order valence-corrected chi connectivity index (χ2v) is 6.36. The van der Waals surface area contributed by atoms with Crippen LogP contribution in [0.4, 0.5) is 61.5 Å². The first-order chi connectivity index (χ1) is 12.7. The van der Waals surface area contributed by atoms with Crippen molar-refractivity contribution in [3.63, 3.8) is 0 Å². The van der Waals surface area contributed by atoms with Crippen molar-refractivity contribution < 1.29 is 66.2 Å². The van der Waals surface area contributed by atoms with Gasteiger partial charge in [-0.05, 0) is 13.8 Å². The lowest BCUT2D eigenvalue weighted by Crippen LogP contribution is -2.50. The number of hydrogen-bond acceptors (Lipinski definition) is 1. The molecule has 0 bridgehead atoms. The molecule has 0 radical (unpaired) electrons. The number of ether oxygens (including phenoxy) is 1. The van der Waals surface area contributed by atoms with Gasteiger partial charge >= 0.3 is 24.7 Å². The highest BCUT2D eigenvalue weighted by atomic mass is 19.3. The standard InChI is InChI=1S/C14H16F14O/c1-5(3-11(21,22)7(15)13(25,26)9(17)18)29-6(2)4-12(23,24)8(16)14(27,28)10(19)20/h5-10H,3-4H2,1-2H3. The van der Waals surface area contributed by atoms with Crippen LogP contribution >= 0.6 is 0 Å². The number of hydrogen-bond donors (Lipinski definition) is 0. The molecule has 0 rings (SSSR count). The molecule has 15 heteroatoms. The Morgan fingerprint density at radius 1 is 0.552 bits per heavy atom. The number of rotatable bonds is 12. The second-order valence-electron chi connectivity index (χ2n) is 6.36. The predicted octanol–water partition coefficient (Wildman–Crippen LogP) is 6.31. The van der Waals surface area contributed by atoms with Gasteiger partial charge in [0.2, 0.25) is 12.3 Å². The highest BCUT2D eigenvalue weighted by Gasteiger charge is 2.62. The summed E-state index contributed by atoms with van der Waals surface area (Å²) in [5.74, 6) is -21.7. The average molecular weight is 466 g/mol. The van der Waals surface area contributed by atoms with Crippen LogP contribution in [-0.4, -0.2) is 61.1 Å². The van der Waals surface area contributed by atoms with E-state index in [1.807, 2.05) is 0 Å². The first-order valence-corrected chi connectivity index (χ1v) is 7.70. The van der Waals surface area contributed by atoms with E-state index in [0.29, 0.717) is 13.8 Å². The fourth-order valence-corrected chi connectivity index (χ4v) is 2.25. The summed E-state index contributed by atoms with van der Waals surface area (Å²) < 4.78 is 183. The summed E-state index contributed by atoms with van der Waals surface area (Å²) in [6.07, 6.45) is -27.1. The van der Waals surface area contributed by atoms with Crippen LogP contribution in [0.25, 0.3) is 0 Å². The first kappa shape index (κ1) is 28.0. The van der Waals surface area contributed by atoms with Gasteiger partial charge in [0.05, 0.1) is 12.2 Å². The summed E-state index contributed by atoms with van der Waals surface area (Å²) in [7, 11) is 0. The van der Waals surface area contributed by atoms with Gasteiger partial charge < -0.3 is 4.74 Å². The van der Waals surface area contributed by atoms with Gasteiger partial charge in [-0.2, -0.15) is 17.6 Å². The third-order valence-electron chi connectivity index (χ3n) is 3.58. The van der Waals surface area contributed by atoms with E-state index < -0.39 is 73.9 Å². The van der Waals surface area contributed by atoms with Crippen LogP contribution in [-0.2, 0) is 4.74 Å². The molecule has 4 unspecified atom stereocenters. The molecule has 0 spiro atoms. The predicted molar refractivity (Wildman–Crippen MR) is 70.8 cm³/mol. The number of alkyl halides is 14. The molecule has 0 saturated carbocycles. The Kier molecular flexibility index (Phi) is 9.08. The van der Waals surface area contributed by atoms with Crippen molar-refractivity contribution in [3.05, 3.63) is 0 Å². The third kappa shape index (κ3) is 7.02. The Hall–Kier alpha value is -1.02. The van der Waals surface area contributed by atoms with Crippen LogP contribution < -0.4 is 0 Å². The molecule has 1 nitrogen and oxygen atoms in total. The number of halogens is 14. The zero-order valence-electron chi connectivity index (χ0n) is 14.6. The van der Waals surface area contributed by atoms with Crippen molar-refractivity contribution in [1.29, 1.82) is 0 Å². The van der Waals surface area contributed by atoms with Gasteiger partial charge in [-0.15, -0.1) is 0 Å². The second kappa shape index (κ2) is 9.41. The molecule has 0 aromatic heterocycles. The van der Waals surface area contributed by atoms with Crippen molar-refractivity contribution in [2.45, 2.75) is 87.8 Å². The van der Waals surface area contributed by atoms with Crippen molar-refractivity contribution >= 4 is 0 Å². The molecular weight excluding hydrogens is 450 g/mol. The van der Waals surface area contributed by atoms with E-state index in [1.165, 1.54) is 0 Å². The molecule has 0 aliphatic heterocycles. The van der Waals surface area contributed by atoms with Crippen molar-refractivity contribution in [1.82, 2.24) is 0 Å². The van der Waals surface area contributed by atoms with Gasteiger partial charge in [0.15, 0.2) is 0 Å². The molecule has 0 amide bonds. The molecule has 0 saturated heterocycles. The molecule has 0 aromatic carbocycles. The Morgan fingerprint density at radius 3 is 1.00 bits per heavy atom. The van der Waals surface area contributed by atoms with Crippen molar-refractivity contribution in [3.8, 4) is 0 Å². The molecule has 4 atom stereocenters. The Balaban J connectivity index is 5.04. The maximum atomic E-state index is 13.4. The van der Waals surface area contributed by atoms with E-state index in [4.69, 9.17) is 0 Å². The quantitative estimate of drug-likeness (QED) is 0.307. The van der Waals surface area contributed by atoms with E-state index in [2.05, 4.69) is 4.74 Å². The first-order valence-electron chi connectivity index (χ1n) is 7.70. The van der Waals surface area contributed by atoms with Crippen molar-refractivity contribution in [2.75, 3.05) is 0 Å². The van der Waals surface area contributed by atoms with Crippen LogP contribution in [0.15, 0.2) is 0 Å². The van der Waals surface area contributed by atoms with Gasteiger partial charge in [0.1, 0.15) is 0 Å². The van der Waals surface area contributed by atoms with Gasteiger partial charge in [-0.1, -0.05) is 0 Å². The third-order valence-corrected chi connectivity index (χ3v) is 3.58. The summed E-state index contributed by atoms with van der Waals surface area (Å²) in [6, 6.07) is 0. The molecule has 0 aromatic rings. The maximum absolute atomic E-state index is 13.4. The molecule has 176 valence electrons. The Labute approximate surface area is 155 Å². The van der Waals surface area contributed by atoms with E-state index >= 15 is 0 Å². The maximum Gasteiger partial charge on any atom is 0.343 e. The van der Waals surface area contributed by atoms with E-state index in [9.17, 15) is 61.5 Å². The van der Waals surface area contributed by atoms with Crippen LogP contribution in [0.2, 0.25) is 0 Å². The molecule has 0 aliphatic carbocycles. The van der Waals surface area contributed by atoms with Crippen LogP contribution in [0.1, 0.15) is 26.7 Å². The van der Waals surface area contributed by atoms with Gasteiger partial charge in [0.25, 0.3) is 11.8 Å². The minimum atomic E-state index is -5.75. The summed E-state index contributed by atoms with van der Waals surface area (Å²) in [5, 5.41) is 0. The molecule has 0 fully saturated rings. The topological polar surface area (TPSA) is 9.23 Å². The molecule has 0 heterocycles. The van der Waals surface area contributed by atoms with E-state index in [1.54, 1.807) is 0 Å². The normalized spacial score (nSPS) is 18.8. The lowest BCUT2D eigenvalue weighted by molar-refractivity contribution is -0.245. The van der Waals surface area contributed by atoms with Gasteiger partial charge in [0, 0.05) is 12.8 Å². The van der Waals surface area contributed by atoms with Crippen LogP contribution in [0.3, 0.4) is 0 Å².